The predicted octanol–water partition coefficient (Wildman–Crippen LogP) is 1.97. The van der Waals surface area contributed by atoms with Gasteiger partial charge in [0, 0.05) is 36.8 Å². The predicted molar refractivity (Wildman–Crippen MR) is 92.0 cm³/mol. The highest BCUT2D eigenvalue weighted by atomic mass is 35.5. The number of aliphatic hydroxyl groups is 1. The number of hydrogen-bond acceptors (Lipinski definition) is 5. The molecule has 0 radical (unpaired) electrons. The van der Waals surface area contributed by atoms with Crippen molar-refractivity contribution in [2.75, 3.05) is 26.7 Å². The lowest BCUT2D eigenvalue weighted by Gasteiger charge is -2.34. The van der Waals surface area contributed by atoms with Gasteiger partial charge in [-0.1, -0.05) is 11.6 Å². The number of aromatic nitrogens is 1. The normalized spacial score (nSPS) is 22.0. The second kappa shape index (κ2) is 7.19. The molecule has 1 aliphatic rings. The van der Waals surface area contributed by atoms with Crippen molar-refractivity contribution < 1.29 is 14.2 Å². The Bertz CT molecular complexity index is 743. The van der Waals surface area contributed by atoms with Crippen molar-refractivity contribution in [1.82, 2.24) is 9.88 Å². The molecule has 1 fully saturated rings. The Morgan fingerprint density at radius 1 is 1.50 bits per heavy atom. The molecule has 24 heavy (non-hydrogen) atoms. The zero-order valence-corrected chi connectivity index (χ0v) is 14.3. The molecular formula is C17H21ClFN3O2. The number of likely N-dealkylation sites (tertiary alicyclic amines) is 1. The van der Waals surface area contributed by atoms with Gasteiger partial charge in [0.15, 0.2) is 5.82 Å². The van der Waals surface area contributed by atoms with E-state index in [1.54, 1.807) is 6.07 Å². The largest absolute Gasteiger partial charge is 0.497 e. The Balaban J connectivity index is 1.86. The van der Waals surface area contributed by atoms with Gasteiger partial charge >= 0.3 is 0 Å². The van der Waals surface area contributed by atoms with Crippen LogP contribution in [0.1, 0.15) is 12.0 Å². The summed E-state index contributed by atoms with van der Waals surface area (Å²) in [4.78, 5) is 6.25. The van der Waals surface area contributed by atoms with Gasteiger partial charge in [0.05, 0.1) is 18.2 Å². The Labute approximate surface area is 145 Å². The first kappa shape index (κ1) is 17.4. The van der Waals surface area contributed by atoms with Crippen LogP contribution in [0, 0.1) is 5.82 Å². The summed E-state index contributed by atoms with van der Waals surface area (Å²) in [6, 6.07) is 2.91. The van der Waals surface area contributed by atoms with Crippen molar-refractivity contribution in [1.29, 1.82) is 0 Å². The Morgan fingerprint density at radius 3 is 3.00 bits per heavy atom. The maximum Gasteiger partial charge on any atom is 0.153 e. The molecule has 0 aliphatic carbocycles. The molecule has 0 spiro atoms. The van der Waals surface area contributed by atoms with Crippen molar-refractivity contribution >= 4 is 22.5 Å². The molecule has 0 amide bonds. The zero-order chi connectivity index (χ0) is 17.3. The smallest absolute Gasteiger partial charge is 0.153 e. The number of ether oxygens (including phenoxy) is 1. The fraction of sp³-hybridized carbons (Fsp3) is 0.471. The molecule has 1 aromatic heterocycles. The van der Waals surface area contributed by atoms with E-state index in [0.717, 1.165) is 18.5 Å². The van der Waals surface area contributed by atoms with Gasteiger partial charge in [-0.15, -0.1) is 0 Å². The number of benzene rings is 1. The maximum atomic E-state index is 14.2. The van der Waals surface area contributed by atoms with Crippen LogP contribution in [0.4, 0.5) is 4.39 Å². The van der Waals surface area contributed by atoms with E-state index in [9.17, 15) is 9.50 Å². The van der Waals surface area contributed by atoms with Gasteiger partial charge in [0.1, 0.15) is 11.3 Å². The zero-order valence-electron chi connectivity index (χ0n) is 13.5. The SMILES string of the molecule is COc1cc(F)c2ncc(Cl)c(CCN3CCC(N)C(O)C3)c2c1. The highest BCUT2D eigenvalue weighted by molar-refractivity contribution is 6.32. The Kier molecular flexibility index (Phi) is 5.20. The van der Waals surface area contributed by atoms with E-state index in [-0.39, 0.29) is 11.6 Å². The van der Waals surface area contributed by atoms with Gasteiger partial charge in [0.2, 0.25) is 0 Å². The lowest BCUT2D eigenvalue weighted by Crippen LogP contribution is -2.50. The maximum absolute atomic E-state index is 14.2. The third-order valence-corrected chi connectivity index (χ3v) is 4.91. The average Bonchev–Trinajstić information content (AvgIpc) is 2.56. The van der Waals surface area contributed by atoms with Gasteiger partial charge in [-0.2, -0.15) is 0 Å². The molecule has 2 atom stereocenters. The molecule has 3 rings (SSSR count). The number of methoxy groups -OCH3 is 1. The molecule has 0 bridgehead atoms. The van der Waals surface area contributed by atoms with E-state index in [2.05, 4.69) is 9.88 Å². The number of piperidine rings is 1. The highest BCUT2D eigenvalue weighted by Gasteiger charge is 2.24. The number of pyridine rings is 1. The summed E-state index contributed by atoms with van der Waals surface area (Å²) in [7, 11) is 1.50. The molecular weight excluding hydrogens is 333 g/mol. The minimum Gasteiger partial charge on any atom is -0.497 e. The van der Waals surface area contributed by atoms with Crippen LogP contribution in [0.15, 0.2) is 18.3 Å². The monoisotopic (exact) mass is 353 g/mol. The van der Waals surface area contributed by atoms with Crippen molar-refractivity contribution in [3.8, 4) is 5.75 Å². The molecule has 3 N–H and O–H groups in total. The van der Waals surface area contributed by atoms with Crippen LogP contribution < -0.4 is 10.5 Å². The van der Waals surface area contributed by atoms with Crippen LogP contribution in [0.25, 0.3) is 10.9 Å². The van der Waals surface area contributed by atoms with Gasteiger partial charge < -0.3 is 20.5 Å². The number of aliphatic hydroxyl groups excluding tert-OH is 1. The topological polar surface area (TPSA) is 71.6 Å². The van der Waals surface area contributed by atoms with E-state index < -0.39 is 11.9 Å². The minimum atomic E-state index is -0.513. The van der Waals surface area contributed by atoms with E-state index in [1.165, 1.54) is 19.4 Å². The summed E-state index contributed by atoms with van der Waals surface area (Å²) >= 11 is 6.31. The highest BCUT2D eigenvalue weighted by Crippen LogP contribution is 2.30. The average molecular weight is 354 g/mol. The standard InChI is InChI=1S/C17H21ClFN3O2/c1-24-10-6-12-11(13(18)8-21-17(12)14(19)7-10)2-4-22-5-3-15(20)16(23)9-22/h6-8,15-16,23H,2-5,9,20H2,1H3. The van der Waals surface area contributed by atoms with Crippen LogP contribution >= 0.6 is 11.6 Å². The lowest BCUT2D eigenvalue weighted by molar-refractivity contribution is 0.0542. The van der Waals surface area contributed by atoms with E-state index in [1.807, 2.05) is 0 Å². The third-order valence-electron chi connectivity index (χ3n) is 4.59. The molecule has 2 aromatic rings. The summed E-state index contributed by atoms with van der Waals surface area (Å²) in [5.41, 5.74) is 6.96. The minimum absolute atomic E-state index is 0.162. The van der Waals surface area contributed by atoms with Crippen molar-refractivity contribution in [2.45, 2.75) is 25.0 Å². The first-order valence-electron chi connectivity index (χ1n) is 7.96. The van der Waals surface area contributed by atoms with Crippen LogP contribution in [0.3, 0.4) is 0 Å². The number of nitrogens with zero attached hydrogens (tertiary/aromatic N) is 2. The quantitative estimate of drug-likeness (QED) is 0.879. The van der Waals surface area contributed by atoms with Gasteiger partial charge in [-0.05, 0) is 31.0 Å². The lowest BCUT2D eigenvalue weighted by atomic mass is 10.0. The molecule has 1 saturated heterocycles. The molecule has 1 aromatic carbocycles. The van der Waals surface area contributed by atoms with Crippen molar-refractivity contribution in [3.05, 3.63) is 34.7 Å². The van der Waals surface area contributed by atoms with Crippen LogP contribution in [-0.4, -0.2) is 53.9 Å². The summed E-state index contributed by atoms with van der Waals surface area (Å²) < 4.78 is 19.3. The Hall–Kier alpha value is -1.47. The summed E-state index contributed by atoms with van der Waals surface area (Å²) in [6.07, 6.45) is 2.36. The second-order valence-corrected chi connectivity index (χ2v) is 6.57. The number of halogens is 2. The molecule has 130 valence electrons. The number of nitrogens with two attached hydrogens (primary N) is 1. The van der Waals surface area contributed by atoms with Crippen LogP contribution in [-0.2, 0) is 6.42 Å². The van der Waals surface area contributed by atoms with Crippen molar-refractivity contribution in [3.63, 3.8) is 0 Å². The molecule has 2 unspecified atom stereocenters. The fourth-order valence-corrected chi connectivity index (χ4v) is 3.37. The first-order valence-corrected chi connectivity index (χ1v) is 8.34. The van der Waals surface area contributed by atoms with Gasteiger partial charge in [-0.3, -0.25) is 4.98 Å². The number of hydrogen-bond donors (Lipinski definition) is 2. The fourth-order valence-electron chi connectivity index (χ4n) is 3.12. The van der Waals surface area contributed by atoms with Crippen LogP contribution in [0.5, 0.6) is 5.75 Å². The van der Waals surface area contributed by atoms with Crippen LogP contribution in [0.2, 0.25) is 5.02 Å². The first-order chi connectivity index (χ1) is 11.5. The molecule has 0 saturated carbocycles. The summed E-state index contributed by atoms with van der Waals surface area (Å²) in [6.45, 7) is 2.08. The number of rotatable bonds is 4. The third kappa shape index (κ3) is 3.47. The van der Waals surface area contributed by atoms with E-state index in [0.29, 0.717) is 35.7 Å². The number of fused-ring (bicyclic) bond motifs is 1. The molecule has 2 heterocycles. The summed E-state index contributed by atoms with van der Waals surface area (Å²) in [5, 5.41) is 11.1. The van der Waals surface area contributed by atoms with E-state index in [4.69, 9.17) is 22.1 Å². The second-order valence-electron chi connectivity index (χ2n) is 6.16. The Morgan fingerprint density at radius 2 is 2.29 bits per heavy atom. The molecule has 1 aliphatic heterocycles. The van der Waals surface area contributed by atoms with Gasteiger partial charge in [-0.25, -0.2) is 4.39 Å². The number of β-amino-alcohol motifs (C(OH)–C–C–N with tert-alkyl or cyclic N) is 1. The van der Waals surface area contributed by atoms with Crippen molar-refractivity contribution in [2.24, 2.45) is 5.73 Å². The molecule has 5 nitrogen and oxygen atoms in total. The van der Waals surface area contributed by atoms with E-state index >= 15 is 0 Å². The van der Waals surface area contributed by atoms with Gasteiger partial charge in [0.25, 0.3) is 0 Å². The summed E-state index contributed by atoms with van der Waals surface area (Å²) in [5.74, 6) is 0.00585. The molecule has 7 heteroatoms.